The fraction of sp³-hybridized carbons (Fsp3) is 0.286. The van der Waals surface area contributed by atoms with Crippen LogP contribution in [-0.4, -0.2) is 16.0 Å². The molecule has 1 heterocycles. The van der Waals surface area contributed by atoms with E-state index >= 15 is 0 Å². The SMILES string of the molecule is Cc1nc(Nc2cccc(N)c2)cc(NC2CC2)n1. The van der Waals surface area contributed by atoms with Crippen molar-refractivity contribution in [3.05, 3.63) is 36.2 Å². The van der Waals surface area contributed by atoms with Gasteiger partial charge in [0.1, 0.15) is 17.5 Å². The van der Waals surface area contributed by atoms with Crippen LogP contribution in [0, 0.1) is 6.92 Å². The summed E-state index contributed by atoms with van der Waals surface area (Å²) in [6.07, 6.45) is 2.45. The number of aryl methyl sites for hydroxylation is 1. The molecule has 1 aliphatic rings. The van der Waals surface area contributed by atoms with Crippen molar-refractivity contribution in [3.8, 4) is 0 Å². The van der Waals surface area contributed by atoms with Crippen LogP contribution in [0.3, 0.4) is 0 Å². The number of hydrogen-bond acceptors (Lipinski definition) is 5. The van der Waals surface area contributed by atoms with Gasteiger partial charge >= 0.3 is 0 Å². The van der Waals surface area contributed by atoms with Crippen molar-refractivity contribution in [2.75, 3.05) is 16.4 Å². The van der Waals surface area contributed by atoms with E-state index in [0.717, 1.165) is 28.8 Å². The lowest BCUT2D eigenvalue weighted by Gasteiger charge is -2.10. The summed E-state index contributed by atoms with van der Waals surface area (Å²) >= 11 is 0. The zero-order valence-electron chi connectivity index (χ0n) is 10.9. The molecule has 1 aromatic carbocycles. The molecule has 2 aromatic rings. The average molecular weight is 255 g/mol. The Morgan fingerprint density at radius 2 is 1.95 bits per heavy atom. The highest BCUT2D eigenvalue weighted by Crippen LogP contribution is 2.25. The summed E-state index contributed by atoms with van der Waals surface area (Å²) in [5, 5.41) is 6.63. The van der Waals surface area contributed by atoms with Crippen LogP contribution in [0.15, 0.2) is 30.3 Å². The number of rotatable bonds is 4. The van der Waals surface area contributed by atoms with Gasteiger partial charge in [-0.2, -0.15) is 0 Å². The lowest BCUT2D eigenvalue weighted by molar-refractivity contribution is 1.02. The van der Waals surface area contributed by atoms with Crippen molar-refractivity contribution >= 4 is 23.0 Å². The fourth-order valence-corrected chi connectivity index (χ4v) is 1.91. The first-order valence-corrected chi connectivity index (χ1v) is 6.44. The Morgan fingerprint density at radius 3 is 2.68 bits per heavy atom. The Kier molecular flexibility index (Phi) is 2.95. The molecule has 0 aliphatic heterocycles. The molecule has 0 unspecified atom stereocenters. The van der Waals surface area contributed by atoms with Crippen LogP contribution in [0.1, 0.15) is 18.7 Å². The lowest BCUT2D eigenvalue weighted by Crippen LogP contribution is -2.06. The molecule has 19 heavy (non-hydrogen) atoms. The minimum Gasteiger partial charge on any atom is -0.399 e. The molecule has 1 aliphatic carbocycles. The minimum atomic E-state index is 0.578. The van der Waals surface area contributed by atoms with Gasteiger partial charge in [0.25, 0.3) is 0 Å². The average Bonchev–Trinajstić information content (AvgIpc) is 3.12. The molecule has 0 radical (unpaired) electrons. The normalized spacial score (nSPS) is 14.2. The highest BCUT2D eigenvalue weighted by Gasteiger charge is 2.21. The van der Waals surface area contributed by atoms with Gasteiger partial charge in [-0.05, 0) is 38.0 Å². The number of hydrogen-bond donors (Lipinski definition) is 3. The van der Waals surface area contributed by atoms with E-state index in [-0.39, 0.29) is 0 Å². The Labute approximate surface area is 112 Å². The molecule has 1 aromatic heterocycles. The molecule has 5 heteroatoms. The van der Waals surface area contributed by atoms with Gasteiger partial charge in [0.2, 0.25) is 0 Å². The van der Waals surface area contributed by atoms with Crippen LogP contribution in [0.5, 0.6) is 0 Å². The van der Waals surface area contributed by atoms with E-state index in [0.29, 0.717) is 6.04 Å². The van der Waals surface area contributed by atoms with E-state index in [9.17, 15) is 0 Å². The van der Waals surface area contributed by atoms with Crippen molar-refractivity contribution in [2.45, 2.75) is 25.8 Å². The molecule has 5 nitrogen and oxygen atoms in total. The number of benzene rings is 1. The van der Waals surface area contributed by atoms with Crippen molar-refractivity contribution in [1.82, 2.24) is 9.97 Å². The molecule has 0 bridgehead atoms. The molecule has 4 N–H and O–H groups in total. The largest absolute Gasteiger partial charge is 0.399 e. The molecule has 1 fully saturated rings. The first kappa shape index (κ1) is 11.8. The second kappa shape index (κ2) is 4.76. The van der Waals surface area contributed by atoms with Gasteiger partial charge in [0.05, 0.1) is 0 Å². The van der Waals surface area contributed by atoms with Crippen LogP contribution in [0.25, 0.3) is 0 Å². The van der Waals surface area contributed by atoms with Crippen LogP contribution in [-0.2, 0) is 0 Å². The molecule has 1 saturated carbocycles. The van der Waals surface area contributed by atoms with Gasteiger partial charge in [-0.3, -0.25) is 0 Å². The molecule has 0 atom stereocenters. The van der Waals surface area contributed by atoms with Crippen molar-refractivity contribution in [2.24, 2.45) is 0 Å². The summed E-state index contributed by atoms with van der Waals surface area (Å²) in [6, 6.07) is 10.1. The summed E-state index contributed by atoms with van der Waals surface area (Å²) in [5.41, 5.74) is 7.42. The van der Waals surface area contributed by atoms with Crippen molar-refractivity contribution in [1.29, 1.82) is 0 Å². The quantitative estimate of drug-likeness (QED) is 0.732. The maximum atomic E-state index is 5.76. The number of aromatic nitrogens is 2. The Bertz CT molecular complexity index is 592. The van der Waals surface area contributed by atoms with E-state index in [1.54, 1.807) is 0 Å². The maximum absolute atomic E-state index is 5.76. The zero-order valence-corrected chi connectivity index (χ0v) is 10.9. The van der Waals surface area contributed by atoms with Crippen LogP contribution >= 0.6 is 0 Å². The topological polar surface area (TPSA) is 75.9 Å². The molecular formula is C14H17N5. The number of nitrogens with two attached hydrogens (primary N) is 1. The Morgan fingerprint density at radius 1 is 1.16 bits per heavy atom. The molecule has 98 valence electrons. The third-order valence-electron chi connectivity index (χ3n) is 2.93. The van der Waals surface area contributed by atoms with Gasteiger partial charge in [-0.1, -0.05) is 6.07 Å². The molecular weight excluding hydrogens is 238 g/mol. The molecule has 0 spiro atoms. The predicted octanol–water partition coefficient (Wildman–Crippen LogP) is 2.69. The number of nitrogens with one attached hydrogen (secondary N) is 2. The summed E-state index contributed by atoms with van der Waals surface area (Å²) in [7, 11) is 0. The third kappa shape index (κ3) is 3.13. The highest BCUT2D eigenvalue weighted by molar-refractivity contribution is 5.63. The van der Waals surface area contributed by atoms with E-state index in [2.05, 4.69) is 20.6 Å². The predicted molar refractivity (Wildman–Crippen MR) is 77.6 cm³/mol. The molecule has 0 amide bonds. The van der Waals surface area contributed by atoms with Gasteiger partial charge in [-0.15, -0.1) is 0 Å². The summed E-state index contributed by atoms with van der Waals surface area (Å²) in [4.78, 5) is 8.77. The lowest BCUT2D eigenvalue weighted by atomic mass is 10.3. The highest BCUT2D eigenvalue weighted by atomic mass is 15.1. The maximum Gasteiger partial charge on any atom is 0.136 e. The first-order valence-electron chi connectivity index (χ1n) is 6.44. The molecule has 3 rings (SSSR count). The number of nitrogen functional groups attached to an aromatic ring is 1. The second-order valence-electron chi connectivity index (χ2n) is 4.85. The second-order valence-corrected chi connectivity index (χ2v) is 4.85. The summed E-state index contributed by atoms with van der Waals surface area (Å²) in [5.74, 6) is 2.40. The zero-order chi connectivity index (χ0) is 13.2. The van der Waals surface area contributed by atoms with Gasteiger partial charge in [0.15, 0.2) is 0 Å². The van der Waals surface area contributed by atoms with Crippen LogP contribution in [0.2, 0.25) is 0 Å². The minimum absolute atomic E-state index is 0.578. The summed E-state index contributed by atoms with van der Waals surface area (Å²) in [6.45, 7) is 1.89. The van der Waals surface area contributed by atoms with Crippen LogP contribution < -0.4 is 16.4 Å². The third-order valence-corrected chi connectivity index (χ3v) is 2.93. The van der Waals surface area contributed by atoms with E-state index in [4.69, 9.17) is 5.73 Å². The Balaban J connectivity index is 1.81. The number of anilines is 4. The van der Waals surface area contributed by atoms with E-state index in [1.165, 1.54) is 12.8 Å². The van der Waals surface area contributed by atoms with Crippen molar-refractivity contribution in [3.63, 3.8) is 0 Å². The van der Waals surface area contributed by atoms with Crippen LogP contribution in [0.4, 0.5) is 23.0 Å². The van der Waals surface area contributed by atoms with Gasteiger partial charge < -0.3 is 16.4 Å². The van der Waals surface area contributed by atoms with Gasteiger partial charge in [0, 0.05) is 23.5 Å². The standard InChI is InChI=1S/C14H17N5/c1-9-16-13(18-11-5-6-11)8-14(17-9)19-12-4-2-3-10(15)7-12/h2-4,7-8,11H,5-6,15H2,1H3,(H2,16,17,18,19). The Hall–Kier alpha value is -2.30. The number of nitrogens with zero attached hydrogens (tertiary/aromatic N) is 2. The van der Waals surface area contributed by atoms with Gasteiger partial charge in [-0.25, -0.2) is 9.97 Å². The first-order chi connectivity index (χ1) is 9.19. The van der Waals surface area contributed by atoms with E-state index in [1.807, 2.05) is 37.3 Å². The molecule has 0 saturated heterocycles. The van der Waals surface area contributed by atoms with E-state index < -0.39 is 0 Å². The summed E-state index contributed by atoms with van der Waals surface area (Å²) < 4.78 is 0. The monoisotopic (exact) mass is 255 g/mol. The smallest absolute Gasteiger partial charge is 0.136 e. The van der Waals surface area contributed by atoms with Crippen molar-refractivity contribution < 1.29 is 0 Å². The fourth-order valence-electron chi connectivity index (χ4n) is 1.91.